The molecule has 0 aliphatic heterocycles. The lowest BCUT2D eigenvalue weighted by atomic mass is 10.0. The lowest BCUT2D eigenvalue weighted by Crippen LogP contribution is -2.29. The maximum Gasteiger partial charge on any atom is 0.255 e. The Morgan fingerprint density at radius 3 is 2.78 bits per heavy atom. The summed E-state index contributed by atoms with van der Waals surface area (Å²) >= 11 is 1.66. The zero-order valence-corrected chi connectivity index (χ0v) is 14.2. The fourth-order valence-corrected chi connectivity index (χ4v) is 3.54. The van der Waals surface area contributed by atoms with Crippen LogP contribution in [0.5, 0.6) is 0 Å². The molecule has 0 radical (unpaired) electrons. The van der Waals surface area contributed by atoms with Gasteiger partial charge in [-0.25, -0.2) is 0 Å². The first-order valence-corrected chi connectivity index (χ1v) is 8.31. The van der Waals surface area contributed by atoms with Gasteiger partial charge in [-0.1, -0.05) is 6.07 Å². The van der Waals surface area contributed by atoms with E-state index in [1.165, 1.54) is 4.88 Å². The molecule has 3 heterocycles. The van der Waals surface area contributed by atoms with Crippen molar-refractivity contribution in [3.8, 4) is 0 Å². The molecule has 0 aliphatic rings. The number of rotatable bonds is 5. The molecule has 120 valence electrons. The van der Waals surface area contributed by atoms with Gasteiger partial charge in [0.2, 0.25) is 0 Å². The van der Waals surface area contributed by atoms with Gasteiger partial charge in [0, 0.05) is 24.2 Å². The maximum atomic E-state index is 12.6. The van der Waals surface area contributed by atoms with Crippen LogP contribution in [0.2, 0.25) is 0 Å². The van der Waals surface area contributed by atoms with Gasteiger partial charge in [-0.3, -0.25) is 9.48 Å². The molecule has 0 bridgehead atoms. The van der Waals surface area contributed by atoms with Crippen molar-refractivity contribution < 1.29 is 9.21 Å². The van der Waals surface area contributed by atoms with E-state index in [1.54, 1.807) is 22.3 Å². The average molecular weight is 329 g/mol. The minimum atomic E-state index is -0.0961. The minimum Gasteiger partial charge on any atom is -0.469 e. The molecule has 0 saturated carbocycles. The van der Waals surface area contributed by atoms with E-state index >= 15 is 0 Å². The summed E-state index contributed by atoms with van der Waals surface area (Å²) < 4.78 is 7.28. The Balaban J connectivity index is 1.78. The Kier molecular flexibility index (Phi) is 4.34. The Labute approximate surface area is 138 Å². The number of carbonyl (C=O) groups excluding carboxylic acids is 1. The van der Waals surface area contributed by atoms with Crippen molar-refractivity contribution in [1.29, 1.82) is 0 Å². The number of aryl methyl sites for hydroxylation is 2. The molecule has 3 aromatic heterocycles. The molecule has 0 aliphatic carbocycles. The zero-order chi connectivity index (χ0) is 16.4. The first-order chi connectivity index (χ1) is 11.1. The smallest absolute Gasteiger partial charge is 0.255 e. The van der Waals surface area contributed by atoms with Crippen LogP contribution in [0.1, 0.15) is 38.3 Å². The van der Waals surface area contributed by atoms with E-state index in [4.69, 9.17) is 4.42 Å². The molecule has 23 heavy (non-hydrogen) atoms. The topological polar surface area (TPSA) is 60.1 Å². The lowest BCUT2D eigenvalue weighted by Gasteiger charge is -2.14. The third kappa shape index (κ3) is 3.07. The van der Waals surface area contributed by atoms with E-state index in [9.17, 15) is 4.79 Å². The van der Waals surface area contributed by atoms with Gasteiger partial charge in [0.15, 0.2) is 0 Å². The molecule has 1 N–H and O–H groups in total. The number of furan rings is 1. The Bertz CT molecular complexity index is 754. The molecule has 5 nitrogen and oxygen atoms in total. The highest BCUT2D eigenvalue weighted by Gasteiger charge is 2.22. The van der Waals surface area contributed by atoms with Gasteiger partial charge < -0.3 is 9.73 Å². The van der Waals surface area contributed by atoms with Crippen LogP contribution in [0.25, 0.3) is 0 Å². The molecule has 3 rings (SSSR count). The summed E-state index contributed by atoms with van der Waals surface area (Å²) in [7, 11) is 1.84. The van der Waals surface area contributed by atoms with Crippen molar-refractivity contribution in [2.45, 2.75) is 19.8 Å². The molecule has 0 unspecified atom stereocenters. The van der Waals surface area contributed by atoms with Crippen LogP contribution in [0, 0.1) is 13.8 Å². The van der Waals surface area contributed by atoms with Crippen molar-refractivity contribution in [3.63, 3.8) is 0 Å². The van der Waals surface area contributed by atoms with Crippen LogP contribution >= 0.6 is 11.3 Å². The Morgan fingerprint density at radius 1 is 1.39 bits per heavy atom. The van der Waals surface area contributed by atoms with Crippen LogP contribution in [-0.2, 0) is 7.05 Å². The SMILES string of the molecule is Cc1nn(C)c(C)c1C(=O)NC[C@H](c1ccco1)c1cccs1. The first-order valence-electron chi connectivity index (χ1n) is 7.43. The summed E-state index contributed by atoms with van der Waals surface area (Å²) in [4.78, 5) is 13.7. The number of aromatic nitrogens is 2. The number of amides is 1. The molecular weight excluding hydrogens is 310 g/mol. The summed E-state index contributed by atoms with van der Waals surface area (Å²) in [5.41, 5.74) is 2.26. The molecule has 0 spiro atoms. The number of hydrogen-bond donors (Lipinski definition) is 1. The summed E-state index contributed by atoms with van der Waals surface area (Å²) in [6.07, 6.45) is 1.66. The highest BCUT2D eigenvalue weighted by Crippen LogP contribution is 2.28. The maximum absolute atomic E-state index is 12.6. The van der Waals surface area contributed by atoms with Crippen molar-refractivity contribution in [2.24, 2.45) is 7.05 Å². The van der Waals surface area contributed by atoms with Crippen LogP contribution < -0.4 is 5.32 Å². The number of nitrogens with one attached hydrogen (secondary N) is 1. The second-order valence-electron chi connectivity index (χ2n) is 5.46. The van der Waals surface area contributed by atoms with E-state index in [0.29, 0.717) is 12.1 Å². The highest BCUT2D eigenvalue weighted by molar-refractivity contribution is 7.10. The van der Waals surface area contributed by atoms with Gasteiger partial charge in [-0.15, -0.1) is 11.3 Å². The summed E-state index contributed by atoms with van der Waals surface area (Å²) in [6.45, 7) is 4.24. The van der Waals surface area contributed by atoms with Gasteiger partial charge in [-0.05, 0) is 37.4 Å². The van der Waals surface area contributed by atoms with Gasteiger partial charge >= 0.3 is 0 Å². The molecule has 0 saturated heterocycles. The Hall–Kier alpha value is -2.34. The molecule has 6 heteroatoms. The summed E-state index contributed by atoms with van der Waals surface area (Å²) in [6, 6.07) is 7.88. The largest absolute Gasteiger partial charge is 0.469 e. The van der Waals surface area contributed by atoms with Gasteiger partial charge in [0.25, 0.3) is 5.91 Å². The van der Waals surface area contributed by atoms with Crippen LogP contribution in [0.4, 0.5) is 0 Å². The van der Waals surface area contributed by atoms with Gasteiger partial charge in [-0.2, -0.15) is 5.10 Å². The van der Waals surface area contributed by atoms with E-state index in [2.05, 4.69) is 16.5 Å². The number of hydrogen-bond acceptors (Lipinski definition) is 4. The summed E-state index contributed by atoms with van der Waals surface area (Å²) in [5.74, 6) is 0.778. The predicted octanol–water partition coefficient (Wildman–Crippen LogP) is 3.25. The van der Waals surface area contributed by atoms with Crippen LogP contribution in [0.3, 0.4) is 0 Å². The second kappa shape index (κ2) is 6.42. The fourth-order valence-electron chi connectivity index (χ4n) is 2.71. The lowest BCUT2D eigenvalue weighted by molar-refractivity contribution is 0.0950. The number of thiophene rings is 1. The summed E-state index contributed by atoms with van der Waals surface area (Å²) in [5, 5.41) is 9.35. The number of nitrogens with zero attached hydrogens (tertiary/aromatic N) is 2. The van der Waals surface area contributed by atoms with E-state index in [1.807, 2.05) is 44.5 Å². The van der Waals surface area contributed by atoms with Gasteiger partial charge in [0.1, 0.15) is 5.76 Å². The number of carbonyl (C=O) groups is 1. The van der Waals surface area contributed by atoms with Crippen LogP contribution in [-0.4, -0.2) is 22.2 Å². The second-order valence-corrected chi connectivity index (χ2v) is 6.44. The molecule has 0 fully saturated rings. The fraction of sp³-hybridized carbons (Fsp3) is 0.294. The van der Waals surface area contributed by atoms with Crippen molar-refractivity contribution in [3.05, 3.63) is 63.5 Å². The van der Waals surface area contributed by atoms with Crippen molar-refractivity contribution >= 4 is 17.2 Å². The van der Waals surface area contributed by atoms with E-state index < -0.39 is 0 Å². The molecule has 1 atom stereocenters. The zero-order valence-electron chi connectivity index (χ0n) is 13.4. The van der Waals surface area contributed by atoms with Crippen molar-refractivity contribution in [2.75, 3.05) is 6.54 Å². The third-order valence-electron chi connectivity index (χ3n) is 3.98. The average Bonchev–Trinajstić information content (AvgIpc) is 3.24. The molecule has 0 aromatic carbocycles. The molecule has 3 aromatic rings. The Morgan fingerprint density at radius 2 is 2.22 bits per heavy atom. The molecular formula is C17H19N3O2S. The van der Waals surface area contributed by atoms with Crippen LogP contribution in [0.15, 0.2) is 40.3 Å². The quantitative estimate of drug-likeness (QED) is 0.781. The van der Waals surface area contributed by atoms with Gasteiger partial charge in [0.05, 0.1) is 23.4 Å². The first kappa shape index (κ1) is 15.6. The van der Waals surface area contributed by atoms with Crippen molar-refractivity contribution in [1.82, 2.24) is 15.1 Å². The predicted molar refractivity (Wildman–Crippen MR) is 89.9 cm³/mol. The van der Waals surface area contributed by atoms with E-state index in [0.717, 1.165) is 17.1 Å². The monoisotopic (exact) mass is 329 g/mol. The standard InChI is InChI=1S/C17H19N3O2S/c1-11-16(12(2)20(3)19-11)17(21)18-10-13(14-6-4-8-22-14)15-7-5-9-23-15/h4-9,13H,10H2,1-3H3,(H,18,21)/t13-/m1/s1. The van der Waals surface area contributed by atoms with E-state index in [-0.39, 0.29) is 11.8 Å². The highest BCUT2D eigenvalue weighted by atomic mass is 32.1. The normalized spacial score (nSPS) is 12.3. The minimum absolute atomic E-state index is 0.0197. The molecule has 1 amide bonds. The third-order valence-corrected chi connectivity index (χ3v) is 4.96.